The van der Waals surface area contributed by atoms with E-state index in [2.05, 4.69) is 42.3 Å². The van der Waals surface area contributed by atoms with Crippen LogP contribution in [0.3, 0.4) is 0 Å². The first kappa shape index (κ1) is 34.7. The number of hydrogen-bond donors (Lipinski definition) is 2. The highest BCUT2D eigenvalue weighted by Crippen LogP contribution is 2.36. The van der Waals surface area contributed by atoms with E-state index in [1.165, 1.54) is 22.4 Å². The third-order valence-corrected chi connectivity index (χ3v) is 10.5. The van der Waals surface area contributed by atoms with Gasteiger partial charge in [-0.05, 0) is 105 Å². The maximum absolute atomic E-state index is 13.6. The molecule has 3 aliphatic heterocycles. The molecule has 5 heterocycles. The fourth-order valence-corrected chi connectivity index (χ4v) is 7.78. The first-order valence-corrected chi connectivity index (χ1v) is 17.5. The van der Waals surface area contributed by atoms with Crippen LogP contribution in [0, 0.1) is 0 Å². The van der Waals surface area contributed by atoms with Gasteiger partial charge in [-0.1, -0.05) is 24.3 Å². The van der Waals surface area contributed by atoms with E-state index in [9.17, 15) is 27.6 Å². The molecule has 10 nitrogen and oxygen atoms in total. The number of aromatic nitrogens is 2. The fraction of sp³-hybridized carbons (Fsp3) is 0.421. The summed E-state index contributed by atoms with van der Waals surface area (Å²) in [5.41, 5.74) is 3.52. The number of nitrogens with zero attached hydrogens (tertiary/aromatic N) is 4. The molecule has 13 heteroatoms. The molecule has 1 atom stereocenters. The quantitative estimate of drug-likeness (QED) is 0.230. The summed E-state index contributed by atoms with van der Waals surface area (Å²) in [5.74, 6) is -0.292. The Morgan fingerprint density at radius 3 is 2.37 bits per heavy atom. The average Bonchev–Trinajstić information content (AvgIpc) is 3.12. The smallest absolute Gasteiger partial charge is 0.405 e. The van der Waals surface area contributed by atoms with Gasteiger partial charge >= 0.3 is 6.36 Å². The van der Waals surface area contributed by atoms with Gasteiger partial charge in [-0.3, -0.25) is 29.6 Å². The van der Waals surface area contributed by atoms with Gasteiger partial charge in [0, 0.05) is 61.5 Å². The van der Waals surface area contributed by atoms with Crippen LogP contribution in [-0.2, 0) is 23.2 Å². The molecule has 0 radical (unpaired) electrons. The number of rotatable bonds is 8. The van der Waals surface area contributed by atoms with E-state index < -0.39 is 12.4 Å². The number of aryl methyl sites for hydroxylation is 1. The molecule has 268 valence electrons. The predicted octanol–water partition coefficient (Wildman–Crippen LogP) is 5.56. The van der Waals surface area contributed by atoms with E-state index in [0.717, 1.165) is 57.5 Å². The SMILES string of the molecule is Cn1cc(-c2ccc(CN3CCC(N4CCC(c5ccc(NC6CCC(=O)NC6=O)cc5)CC4)CC3)c(OC(F)(F)F)c2)c2ccncc2c1=O. The fourth-order valence-electron chi connectivity index (χ4n) is 7.78. The van der Waals surface area contributed by atoms with Crippen LogP contribution in [0.1, 0.15) is 55.6 Å². The van der Waals surface area contributed by atoms with Gasteiger partial charge in [0.2, 0.25) is 11.8 Å². The highest BCUT2D eigenvalue weighted by Gasteiger charge is 2.34. The van der Waals surface area contributed by atoms with Gasteiger partial charge in [0.25, 0.3) is 5.56 Å². The Bertz CT molecular complexity index is 1970. The summed E-state index contributed by atoms with van der Waals surface area (Å²) in [6.45, 7) is 3.88. The van der Waals surface area contributed by atoms with Gasteiger partial charge < -0.3 is 19.5 Å². The summed E-state index contributed by atoms with van der Waals surface area (Å²) >= 11 is 0. The van der Waals surface area contributed by atoms with Crippen LogP contribution in [0.25, 0.3) is 21.9 Å². The Kier molecular flexibility index (Phi) is 9.84. The number of carbonyl (C=O) groups excluding carboxylic acids is 2. The lowest BCUT2D eigenvalue weighted by Crippen LogP contribution is -2.47. The van der Waals surface area contributed by atoms with E-state index in [1.807, 2.05) is 12.1 Å². The standard InChI is InChI=1S/C38H41F3N6O4/c1-45-23-32(30-10-15-42-21-31(30)37(45)50)26-2-3-27(34(20-26)51-38(39,40)41)22-46-16-13-29(14-17-46)47-18-11-25(12-19-47)24-4-6-28(7-5-24)43-33-8-9-35(48)44-36(33)49/h2-7,10,15,20-21,23,25,29,33,43H,8-9,11-14,16-19,22H2,1H3,(H,44,48,49). The van der Waals surface area contributed by atoms with Crippen molar-refractivity contribution in [3.63, 3.8) is 0 Å². The first-order valence-electron chi connectivity index (χ1n) is 17.5. The van der Waals surface area contributed by atoms with E-state index >= 15 is 0 Å². The molecular weight excluding hydrogens is 661 g/mol. The summed E-state index contributed by atoms with van der Waals surface area (Å²) in [6, 6.07) is 14.9. The van der Waals surface area contributed by atoms with Crippen molar-refractivity contribution in [1.82, 2.24) is 24.7 Å². The molecule has 2 aromatic heterocycles. The molecule has 0 aliphatic carbocycles. The molecule has 1 unspecified atom stereocenters. The zero-order chi connectivity index (χ0) is 35.7. The number of benzene rings is 2. The number of fused-ring (bicyclic) bond motifs is 1. The number of halogens is 3. The Balaban J connectivity index is 0.947. The van der Waals surface area contributed by atoms with Crippen molar-refractivity contribution in [1.29, 1.82) is 0 Å². The second-order valence-electron chi connectivity index (χ2n) is 13.8. The Labute approximate surface area is 293 Å². The largest absolute Gasteiger partial charge is 0.573 e. The van der Waals surface area contributed by atoms with Crippen molar-refractivity contribution in [3.05, 3.63) is 88.6 Å². The van der Waals surface area contributed by atoms with Crippen LogP contribution in [0.15, 0.2) is 71.9 Å². The number of amides is 2. The average molecular weight is 703 g/mol. The lowest BCUT2D eigenvalue weighted by Gasteiger charge is -2.42. The number of carbonyl (C=O) groups is 2. The Morgan fingerprint density at radius 2 is 1.67 bits per heavy atom. The van der Waals surface area contributed by atoms with Gasteiger partial charge in [0.15, 0.2) is 0 Å². The van der Waals surface area contributed by atoms with Crippen LogP contribution in [0.4, 0.5) is 18.9 Å². The zero-order valence-corrected chi connectivity index (χ0v) is 28.4. The second-order valence-corrected chi connectivity index (χ2v) is 13.8. The van der Waals surface area contributed by atoms with Gasteiger partial charge in [0.05, 0.1) is 5.39 Å². The molecule has 2 amide bonds. The van der Waals surface area contributed by atoms with E-state index in [-0.39, 0.29) is 23.1 Å². The first-order chi connectivity index (χ1) is 24.5. The highest BCUT2D eigenvalue weighted by molar-refractivity contribution is 6.01. The molecule has 51 heavy (non-hydrogen) atoms. The molecule has 0 spiro atoms. The van der Waals surface area contributed by atoms with Crippen molar-refractivity contribution in [3.8, 4) is 16.9 Å². The van der Waals surface area contributed by atoms with Crippen molar-refractivity contribution >= 4 is 28.3 Å². The molecule has 3 saturated heterocycles. The molecule has 0 bridgehead atoms. The topological polar surface area (TPSA) is 109 Å². The summed E-state index contributed by atoms with van der Waals surface area (Å²) < 4.78 is 46.8. The Morgan fingerprint density at radius 1 is 0.922 bits per heavy atom. The molecule has 2 aromatic carbocycles. The number of pyridine rings is 2. The number of likely N-dealkylation sites (tertiary alicyclic amines) is 2. The number of nitrogens with one attached hydrogen (secondary N) is 2. The monoisotopic (exact) mass is 702 g/mol. The maximum Gasteiger partial charge on any atom is 0.573 e. The molecule has 7 rings (SSSR count). The summed E-state index contributed by atoms with van der Waals surface area (Å²) in [6.07, 6.45) is 4.61. The van der Waals surface area contributed by atoms with Crippen molar-refractivity contribution < 1.29 is 27.5 Å². The summed E-state index contributed by atoms with van der Waals surface area (Å²) in [5, 5.41) is 6.62. The predicted molar refractivity (Wildman–Crippen MR) is 187 cm³/mol. The maximum atomic E-state index is 13.6. The Hall–Kier alpha value is -4.75. The van der Waals surface area contributed by atoms with Crippen molar-refractivity contribution in [2.24, 2.45) is 7.05 Å². The van der Waals surface area contributed by atoms with Crippen LogP contribution < -0.4 is 20.9 Å². The number of hydrogen-bond acceptors (Lipinski definition) is 8. The molecule has 4 aromatic rings. The van der Waals surface area contributed by atoms with Crippen LogP contribution in [-0.4, -0.2) is 75.8 Å². The van der Waals surface area contributed by atoms with Gasteiger partial charge in [-0.15, -0.1) is 13.2 Å². The number of alkyl halides is 3. The van der Waals surface area contributed by atoms with Crippen molar-refractivity contribution in [2.75, 3.05) is 31.5 Å². The van der Waals surface area contributed by atoms with Crippen LogP contribution in [0.2, 0.25) is 0 Å². The second kappa shape index (κ2) is 14.5. The molecule has 0 saturated carbocycles. The molecule has 3 aliphatic rings. The normalized spacial score (nSPS) is 20.0. The zero-order valence-electron chi connectivity index (χ0n) is 28.4. The van der Waals surface area contributed by atoms with Gasteiger partial charge in [0.1, 0.15) is 11.8 Å². The number of imide groups is 1. The lowest BCUT2D eigenvalue weighted by atomic mass is 9.88. The molecule has 2 N–H and O–H groups in total. The number of anilines is 1. The van der Waals surface area contributed by atoms with E-state index in [4.69, 9.17) is 0 Å². The van der Waals surface area contributed by atoms with Crippen LogP contribution in [0.5, 0.6) is 5.75 Å². The lowest BCUT2D eigenvalue weighted by molar-refractivity contribution is -0.275. The molecule has 3 fully saturated rings. The molecular formula is C38H41F3N6O4. The van der Waals surface area contributed by atoms with Gasteiger partial charge in [-0.2, -0.15) is 0 Å². The number of piperidine rings is 3. The third kappa shape index (κ3) is 7.94. The summed E-state index contributed by atoms with van der Waals surface area (Å²) in [4.78, 5) is 45.0. The minimum atomic E-state index is -4.85. The van der Waals surface area contributed by atoms with Gasteiger partial charge in [-0.25, -0.2) is 0 Å². The highest BCUT2D eigenvalue weighted by atomic mass is 19.4. The minimum Gasteiger partial charge on any atom is -0.405 e. The number of ether oxygens (including phenoxy) is 1. The van der Waals surface area contributed by atoms with E-state index in [0.29, 0.717) is 58.8 Å². The van der Waals surface area contributed by atoms with Crippen molar-refractivity contribution in [2.45, 2.75) is 69.4 Å². The minimum absolute atomic E-state index is 0.228. The van der Waals surface area contributed by atoms with E-state index in [1.54, 1.807) is 37.6 Å². The summed E-state index contributed by atoms with van der Waals surface area (Å²) in [7, 11) is 1.61. The third-order valence-electron chi connectivity index (χ3n) is 10.5. The van der Waals surface area contributed by atoms with Crippen LogP contribution >= 0.6 is 0 Å².